The zero-order valence-corrected chi connectivity index (χ0v) is 17.5. The first kappa shape index (κ1) is 22.1. The van der Waals surface area contributed by atoms with E-state index in [1.807, 2.05) is 6.07 Å². The van der Waals surface area contributed by atoms with Crippen LogP contribution in [0.2, 0.25) is 5.02 Å². The van der Waals surface area contributed by atoms with E-state index in [1.54, 1.807) is 55.5 Å². The number of halogens is 1. The van der Waals surface area contributed by atoms with Gasteiger partial charge in [0.2, 0.25) is 11.7 Å². The predicted octanol–water partition coefficient (Wildman–Crippen LogP) is 2.37. The van der Waals surface area contributed by atoms with Crippen LogP contribution in [-0.4, -0.2) is 44.6 Å². The van der Waals surface area contributed by atoms with Crippen LogP contribution in [0, 0.1) is 0 Å². The van der Waals surface area contributed by atoms with Crippen molar-refractivity contribution in [3.63, 3.8) is 0 Å². The molecule has 1 atom stereocenters. The number of hydrogen-bond acceptors (Lipinski definition) is 7. The highest BCUT2D eigenvalue weighted by Gasteiger charge is 2.24. The Balaban J connectivity index is 1.53. The van der Waals surface area contributed by atoms with E-state index in [4.69, 9.17) is 16.3 Å². The highest BCUT2D eigenvalue weighted by atomic mass is 35.5. The van der Waals surface area contributed by atoms with Gasteiger partial charge in [-0.1, -0.05) is 48.9 Å². The SMILES string of the molecule is CCC(C(=O)OCC(=O)NC(=O)Cc1ccccc1)n1nnc(-c2ccc(Cl)cc2)n1. The molecule has 1 N–H and O–H groups in total. The molecular weight excluding hydrogens is 422 g/mol. The molecule has 1 heterocycles. The third-order valence-corrected chi connectivity index (χ3v) is 4.55. The summed E-state index contributed by atoms with van der Waals surface area (Å²) in [5, 5.41) is 14.9. The van der Waals surface area contributed by atoms with Crippen molar-refractivity contribution in [1.29, 1.82) is 0 Å². The lowest BCUT2D eigenvalue weighted by molar-refractivity contribution is -0.153. The number of amides is 2. The van der Waals surface area contributed by atoms with Crippen LogP contribution in [0.1, 0.15) is 24.9 Å². The zero-order valence-electron chi connectivity index (χ0n) is 16.7. The van der Waals surface area contributed by atoms with E-state index in [0.717, 1.165) is 10.4 Å². The molecule has 0 fully saturated rings. The third-order valence-electron chi connectivity index (χ3n) is 4.30. The lowest BCUT2D eigenvalue weighted by Crippen LogP contribution is -2.36. The highest BCUT2D eigenvalue weighted by molar-refractivity contribution is 6.30. The number of nitrogens with one attached hydrogen (secondary N) is 1. The molecule has 0 saturated heterocycles. The molecular formula is C21H20ClN5O4. The van der Waals surface area contributed by atoms with Crippen molar-refractivity contribution in [2.75, 3.05) is 6.61 Å². The average Bonchev–Trinajstić information content (AvgIpc) is 3.23. The van der Waals surface area contributed by atoms with Crippen LogP contribution in [0.5, 0.6) is 0 Å². The van der Waals surface area contributed by atoms with Gasteiger partial charge in [0.05, 0.1) is 6.42 Å². The lowest BCUT2D eigenvalue weighted by atomic mass is 10.1. The fraction of sp³-hybridized carbons (Fsp3) is 0.238. The Morgan fingerprint density at radius 3 is 2.45 bits per heavy atom. The first-order valence-electron chi connectivity index (χ1n) is 9.55. The molecule has 0 aliphatic carbocycles. The number of imide groups is 1. The topological polar surface area (TPSA) is 116 Å². The molecule has 0 spiro atoms. The summed E-state index contributed by atoms with van der Waals surface area (Å²) in [6.07, 6.45) is 0.373. The summed E-state index contributed by atoms with van der Waals surface area (Å²) in [5.41, 5.74) is 1.46. The zero-order chi connectivity index (χ0) is 22.2. The molecule has 10 heteroatoms. The van der Waals surface area contributed by atoms with Gasteiger partial charge in [-0.3, -0.25) is 14.9 Å². The van der Waals surface area contributed by atoms with Crippen molar-refractivity contribution >= 4 is 29.4 Å². The molecule has 1 aromatic heterocycles. The number of carbonyl (C=O) groups is 3. The molecule has 2 aromatic carbocycles. The van der Waals surface area contributed by atoms with Crippen LogP contribution in [0.25, 0.3) is 11.4 Å². The molecule has 9 nitrogen and oxygen atoms in total. The fourth-order valence-electron chi connectivity index (χ4n) is 2.75. The molecule has 2 amide bonds. The Morgan fingerprint density at radius 2 is 1.77 bits per heavy atom. The maximum absolute atomic E-state index is 12.4. The summed E-state index contributed by atoms with van der Waals surface area (Å²) in [7, 11) is 0. The number of aromatic nitrogens is 4. The molecule has 160 valence electrons. The van der Waals surface area contributed by atoms with Crippen molar-refractivity contribution in [2.24, 2.45) is 0 Å². The van der Waals surface area contributed by atoms with Crippen molar-refractivity contribution < 1.29 is 19.1 Å². The lowest BCUT2D eigenvalue weighted by Gasteiger charge is -2.12. The van der Waals surface area contributed by atoms with Crippen molar-refractivity contribution in [3.05, 3.63) is 65.2 Å². The first-order valence-corrected chi connectivity index (χ1v) is 9.92. The molecule has 0 radical (unpaired) electrons. The molecule has 0 saturated carbocycles. The van der Waals surface area contributed by atoms with Gasteiger partial charge in [-0.15, -0.1) is 15.0 Å². The molecule has 3 rings (SSSR count). The van der Waals surface area contributed by atoms with Crippen LogP contribution in [0.15, 0.2) is 54.6 Å². The minimum atomic E-state index is -0.860. The van der Waals surface area contributed by atoms with Crippen LogP contribution < -0.4 is 5.32 Å². The standard InChI is InChI=1S/C21H20ClN5O4/c1-2-17(27-25-20(24-26-27)15-8-10-16(22)11-9-15)21(30)31-13-19(29)23-18(28)12-14-6-4-3-5-7-14/h3-11,17H,2,12-13H2,1H3,(H,23,28,29). The van der Waals surface area contributed by atoms with E-state index in [2.05, 4.69) is 20.7 Å². The number of benzene rings is 2. The van der Waals surface area contributed by atoms with Gasteiger partial charge in [-0.25, -0.2) is 4.79 Å². The smallest absolute Gasteiger partial charge is 0.333 e. The predicted molar refractivity (Wildman–Crippen MR) is 112 cm³/mol. The second kappa shape index (κ2) is 10.4. The number of carbonyl (C=O) groups excluding carboxylic acids is 3. The van der Waals surface area contributed by atoms with Crippen LogP contribution in [-0.2, 0) is 25.5 Å². The van der Waals surface area contributed by atoms with Gasteiger partial charge in [-0.05, 0) is 41.5 Å². The number of tetrazole rings is 1. The molecule has 0 aliphatic rings. The first-order chi connectivity index (χ1) is 15.0. The van der Waals surface area contributed by atoms with E-state index < -0.39 is 30.4 Å². The highest BCUT2D eigenvalue weighted by Crippen LogP contribution is 2.19. The van der Waals surface area contributed by atoms with Crippen molar-refractivity contribution in [3.8, 4) is 11.4 Å². The van der Waals surface area contributed by atoms with E-state index in [0.29, 0.717) is 22.8 Å². The van der Waals surface area contributed by atoms with E-state index >= 15 is 0 Å². The van der Waals surface area contributed by atoms with Gasteiger partial charge in [0.25, 0.3) is 5.91 Å². The summed E-state index contributed by atoms with van der Waals surface area (Å²) >= 11 is 5.87. The van der Waals surface area contributed by atoms with E-state index in [1.165, 1.54) is 0 Å². The number of esters is 1. The van der Waals surface area contributed by atoms with Gasteiger partial charge in [0, 0.05) is 10.6 Å². The molecule has 0 aliphatic heterocycles. The van der Waals surface area contributed by atoms with Crippen LogP contribution in [0.4, 0.5) is 0 Å². The monoisotopic (exact) mass is 441 g/mol. The van der Waals surface area contributed by atoms with Crippen LogP contribution in [0.3, 0.4) is 0 Å². The second-order valence-corrected chi connectivity index (χ2v) is 7.04. The Kier molecular flexibility index (Phi) is 7.45. The molecule has 1 unspecified atom stereocenters. The number of hydrogen-bond donors (Lipinski definition) is 1. The van der Waals surface area contributed by atoms with Crippen molar-refractivity contribution in [2.45, 2.75) is 25.8 Å². The van der Waals surface area contributed by atoms with Gasteiger partial charge in [0.1, 0.15) is 0 Å². The summed E-state index contributed by atoms with van der Waals surface area (Å²) in [5.74, 6) is -1.57. The molecule has 31 heavy (non-hydrogen) atoms. The summed E-state index contributed by atoms with van der Waals surface area (Å²) in [4.78, 5) is 37.4. The van der Waals surface area contributed by atoms with E-state index in [-0.39, 0.29) is 6.42 Å². The molecule has 0 bridgehead atoms. The summed E-state index contributed by atoms with van der Waals surface area (Å²) in [6, 6.07) is 15.0. The van der Waals surface area contributed by atoms with Gasteiger partial charge < -0.3 is 4.74 Å². The van der Waals surface area contributed by atoms with Gasteiger partial charge >= 0.3 is 5.97 Å². The maximum Gasteiger partial charge on any atom is 0.333 e. The van der Waals surface area contributed by atoms with E-state index in [9.17, 15) is 14.4 Å². The molecule has 3 aromatic rings. The largest absolute Gasteiger partial charge is 0.454 e. The number of ether oxygens (including phenoxy) is 1. The van der Waals surface area contributed by atoms with Gasteiger partial charge in [-0.2, -0.15) is 0 Å². The quantitative estimate of drug-likeness (QED) is 0.533. The second-order valence-electron chi connectivity index (χ2n) is 6.61. The minimum Gasteiger partial charge on any atom is -0.454 e. The fourth-order valence-corrected chi connectivity index (χ4v) is 2.87. The Labute approximate surface area is 183 Å². The van der Waals surface area contributed by atoms with Crippen molar-refractivity contribution in [1.82, 2.24) is 25.5 Å². The minimum absolute atomic E-state index is 0.0501. The normalized spacial score (nSPS) is 11.5. The maximum atomic E-state index is 12.4. The van der Waals surface area contributed by atoms with Crippen LogP contribution >= 0.6 is 11.6 Å². The third kappa shape index (κ3) is 6.19. The van der Waals surface area contributed by atoms with Gasteiger partial charge in [0.15, 0.2) is 12.6 Å². The summed E-state index contributed by atoms with van der Waals surface area (Å²) in [6.45, 7) is 1.16. The number of nitrogens with zero attached hydrogens (tertiary/aromatic N) is 4. The Hall–Kier alpha value is -3.59. The Bertz CT molecular complexity index is 1050. The average molecular weight is 442 g/mol. The Morgan fingerprint density at radius 1 is 1.06 bits per heavy atom. The summed E-state index contributed by atoms with van der Waals surface area (Å²) < 4.78 is 5.04. The number of rotatable bonds is 8.